The van der Waals surface area contributed by atoms with Gasteiger partial charge in [0.2, 0.25) is 0 Å². The third kappa shape index (κ3) is 2.34. The number of carboxylic acids is 1. The van der Waals surface area contributed by atoms with Crippen LogP contribution in [0, 0.1) is 0 Å². The average molecular weight is 210 g/mol. The van der Waals surface area contributed by atoms with Crippen LogP contribution >= 0.6 is 0 Å². The Hall–Kier alpha value is -1.85. The van der Waals surface area contributed by atoms with Gasteiger partial charge in [0.15, 0.2) is 5.69 Å². The number of nitrogens with one attached hydrogen (secondary N) is 1. The standard InChI is InChI=1S/C9H10N2O4/c12-8(13)4-10-9(14)6-3-7(15-11-6)5-1-2-5/h3,5H,1-2,4H2,(H,10,14)(H,12,13). The highest BCUT2D eigenvalue weighted by molar-refractivity contribution is 5.93. The van der Waals surface area contributed by atoms with Crippen LogP contribution < -0.4 is 5.32 Å². The molecule has 6 nitrogen and oxygen atoms in total. The van der Waals surface area contributed by atoms with Crippen LogP contribution in [0.15, 0.2) is 10.6 Å². The number of rotatable bonds is 4. The van der Waals surface area contributed by atoms with Crippen molar-refractivity contribution < 1.29 is 19.2 Å². The Labute approximate surface area is 85.2 Å². The van der Waals surface area contributed by atoms with Crippen molar-refractivity contribution in [2.45, 2.75) is 18.8 Å². The first-order valence-corrected chi connectivity index (χ1v) is 4.63. The fourth-order valence-electron chi connectivity index (χ4n) is 1.20. The van der Waals surface area contributed by atoms with Gasteiger partial charge in [0.25, 0.3) is 5.91 Å². The molecule has 1 aromatic heterocycles. The lowest BCUT2D eigenvalue weighted by Gasteiger charge is -1.96. The number of carboxylic acid groups (broad SMARTS) is 1. The summed E-state index contributed by atoms with van der Waals surface area (Å²) in [6, 6.07) is 1.56. The number of carbonyl (C=O) groups excluding carboxylic acids is 1. The van der Waals surface area contributed by atoms with Crippen molar-refractivity contribution in [1.29, 1.82) is 0 Å². The van der Waals surface area contributed by atoms with E-state index in [1.807, 2.05) is 0 Å². The molecule has 0 spiro atoms. The summed E-state index contributed by atoms with van der Waals surface area (Å²) in [5.41, 5.74) is 0.137. The van der Waals surface area contributed by atoms with Crippen LogP contribution in [0.1, 0.15) is 35.0 Å². The third-order valence-electron chi connectivity index (χ3n) is 2.14. The van der Waals surface area contributed by atoms with Gasteiger partial charge in [-0.2, -0.15) is 0 Å². The normalized spacial score (nSPS) is 14.9. The SMILES string of the molecule is O=C(O)CNC(=O)c1cc(C2CC2)on1. The van der Waals surface area contributed by atoms with Crippen LogP contribution in [0.5, 0.6) is 0 Å². The third-order valence-corrected chi connectivity index (χ3v) is 2.14. The summed E-state index contributed by atoms with van der Waals surface area (Å²) >= 11 is 0. The molecule has 2 N–H and O–H groups in total. The summed E-state index contributed by atoms with van der Waals surface area (Å²) in [4.78, 5) is 21.5. The van der Waals surface area contributed by atoms with Crippen LogP contribution in [0.4, 0.5) is 0 Å². The van der Waals surface area contributed by atoms with E-state index in [-0.39, 0.29) is 5.69 Å². The fourth-order valence-corrected chi connectivity index (χ4v) is 1.20. The van der Waals surface area contributed by atoms with E-state index < -0.39 is 18.4 Å². The first-order chi connectivity index (χ1) is 7.16. The summed E-state index contributed by atoms with van der Waals surface area (Å²) in [5.74, 6) is -0.517. The van der Waals surface area contributed by atoms with Gasteiger partial charge in [0.05, 0.1) is 0 Å². The molecule has 0 atom stereocenters. The van der Waals surface area contributed by atoms with Crippen LogP contribution in [0.3, 0.4) is 0 Å². The second kappa shape index (κ2) is 3.72. The van der Waals surface area contributed by atoms with E-state index >= 15 is 0 Å². The van der Waals surface area contributed by atoms with Gasteiger partial charge in [-0.15, -0.1) is 0 Å². The highest BCUT2D eigenvalue weighted by Gasteiger charge is 2.28. The van der Waals surface area contributed by atoms with Crippen molar-refractivity contribution in [1.82, 2.24) is 10.5 Å². The molecule has 2 rings (SSSR count). The molecule has 0 aliphatic heterocycles. The van der Waals surface area contributed by atoms with E-state index in [1.165, 1.54) is 0 Å². The molecule has 6 heteroatoms. The van der Waals surface area contributed by atoms with Crippen molar-refractivity contribution in [2.75, 3.05) is 6.54 Å². The Balaban J connectivity index is 1.95. The Morgan fingerprint density at radius 2 is 2.33 bits per heavy atom. The number of amides is 1. The van der Waals surface area contributed by atoms with E-state index in [9.17, 15) is 9.59 Å². The lowest BCUT2D eigenvalue weighted by molar-refractivity contribution is -0.135. The zero-order chi connectivity index (χ0) is 10.8. The number of aromatic nitrogens is 1. The second-order valence-electron chi connectivity index (χ2n) is 3.47. The minimum atomic E-state index is -1.09. The van der Waals surface area contributed by atoms with Gasteiger partial charge in [-0.05, 0) is 12.8 Å². The topological polar surface area (TPSA) is 92.4 Å². The molecule has 1 aromatic rings. The molecule has 1 saturated carbocycles. The summed E-state index contributed by atoms with van der Waals surface area (Å²) in [7, 11) is 0. The Bertz CT molecular complexity index is 395. The van der Waals surface area contributed by atoms with Gasteiger partial charge < -0.3 is 14.9 Å². The first kappa shape index (κ1) is 9.70. The van der Waals surface area contributed by atoms with Crippen molar-refractivity contribution in [2.24, 2.45) is 0 Å². The summed E-state index contributed by atoms with van der Waals surface area (Å²) in [6.07, 6.45) is 2.12. The van der Waals surface area contributed by atoms with Crippen molar-refractivity contribution in [3.8, 4) is 0 Å². The van der Waals surface area contributed by atoms with Gasteiger partial charge in [0, 0.05) is 12.0 Å². The van der Waals surface area contributed by atoms with E-state index in [2.05, 4.69) is 10.5 Å². The zero-order valence-corrected chi connectivity index (χ0v) is 7.90. The van der Waals surface area contributed by atoms with E-state index in [1.54, 1.807) is 6.07 Å². The molecular weight excluding hydrogens is 200 g/mol. The molecule has 0 radical (unpaired) electrons. The highest BCUT2D eigenvalue weighted by Crippen LogP contribution is 2.40. The lowest BCUT2D eigenvalue weighted by atomic mass is 10.3. The molecule has 80 valence electrons. The predicted octanol–water partition coefficient (Wildman–Crippen LogP) is 0.366. The Kier molecular flexibility index (Phi) is 2.40. The maximum absolute atomic E-state index is 11.3. The van der Waals surface area contributed by atoms with Gasteiger partial charge >= 0.3 is 5.97 Å². The number of nitrogens with zero attached hydrogens (tertiary/aromatic N) is 1. The summed E-state index contributed by atoms with van der Waals surface area (Å²) in [6.45, 7) is -0.412. The molecule has 15 heavy (non-hydrogen) atoms. The van der Waals surface area contributed by atoms with Crippen molar-refractivity contribution in [3.63, 3.8) is 0 Å². The highest BCUT2D eigenvalue weighted by atomic mass is 16.5. The largest absolute Gasteiger partial charge is 0.480 e. The van der Waals surface area contributed by atoms with Crippen molar-refractivity contribution in [3.05, 3.63) is 17.5 Å². The van der Waals surface area contributed by atoms with E-state index in [4.69, 9.17) is 9.63 Å². The van der Waals surface area contributed by atoms with Gasteiger partial charge in [-0.25, -0.2) is 0 Å². The molecule has 1 heterocycles. The number of hydrogen-bond donors (Lipinski definition) is 2. The first-order valence-electron chi connectivity index (χ1n) is 4.63. The van der Waals surface area contributed by atoms with E-state index in [0.717, 1.165) is 12.8 Å². The lowest BCUT2D eigenvalue weighted by Crippen LogP contribution is -2.29. The number of carbonyl (C=O) groups is 2. The fraction of sp³-hybridized carbons (Fsp3) is 0.444. The van der Waals surface area contributed by atoms with Gasteiger partial charge in [-0.3, -0.25) is 9.59 Å². The van der Waals surface area contributed by atoms with Crippen LogP contribution in [-0.2, 0) is 4.79 Å². The molecule has 1 aliphatic rings. The summed E-state index contributed by atoms with van der Waals surface area (Å²) in [5, 5.41) is 14.1. The molecule has 1 amide bonds. The van der Waals surface area contributed by atoms with Crippen molar-refractivity contribution >= 4 is 11.9 Å². The monoisotopic (exact) mass is 210 g/mol. The maximum Gasteiger partial charge on any atom is 0.322 e. The summed E-state index contributed by atoms with van der Waals surface area (Å²) < 4.78 is 4.96. The van der Waals surface area contributed by atoms with Crippen LogP contribution in [0.25, 0.3) is 0 Å². The van der Waals surface area contributed by atoms with Crippen LogP contribution in [-0.4, -0.2) is 28.7 Å². The minimum Gasteiger partial charge on any atom is -0.480 e. The predicted molar refractivity (Wildman–Crippen MR) is 48.4 cm³/mol. The second-order valence-corrected chi connectivity index (χ2v) is 3.47. The molecule has 1 aliphatic carbocycles. The molecule has 1 fully saturated rings. The van der Waals surface area contributed by atoms with E-state index in [0.29, 0.717) is 11.7 Å². The maximum atomic E-state index is 11.3. The van der Waals surface area contributed by atoms with Gasteiger partial charge in [0.1, 0.15) is 12.3 Å². The molecule has 0 bridgehead atoms. The smallest absolute Gasteiger partial charge is 0.322 e. The zero-order valence-electron chi connectivity index (χ0n) is 7.90. The number of hydrogen-bond acceptors (Lipinski definition) is 4. The Morgan fingerprint density at radius 1 is 1.60 bits per heavy atom. The van der Waals surface area contributed by atoms with Crippen LogP contribution in [0.2, 0.25) is 0 Å². The minimum absolute atomic E-state index is 0.137. The molecule has 0 aromatic carbocycles. The molecule has 0 saturated heterocycles. The Morgan fingerprint density at radius 3 is 2.93 bits per heavy atom. The quantitative estimate of drug-likeness (QED) is 0.748. The molecular formula is C9H10N2O4. The average Bonchev–Trinajstić information content (AvgIpc) is 2.93. The molecule has 0 unspecified atom stereocenters. The van der Waals surface area contributed by atoms with Gasteiger partial charge in [-0.1, -0.05) is 5.16 Å². The number of aliphatic carboxylic acids is 1.